The summed E-state index contributed by atoms with van der Waals surface area (Å²) in [6.07, 6.45) is 1.51. The van der Waals surface area contributed by atoms with E-state index in [0.717, 1.165) is 28.7 Å². The fraction of sp³-hybridized carbons (Fsp3) is 0.333. The Kier molecular flexibility index (Phi) is 11.2. The van der Waals surface area contributed by atoms with Crippen molar-refractivity contribution in [3.63, 3.8) is 0 Å². The number of carbonyl (C=O) groups excluding carboxylic acids is 1. The van der Waals surface area contributed by atoms with Crippen LogP contribution in [0.1, 0.15) is 71.3 Å². The number of aromatic nitrogens is 1. The summed E-state index contributed by atoms with van der Waals surface area (Å²) < 4.78 is 37.1. The van der Waals surface area contributed by atoms with E-state index in [9.17, 15) is 27.9 Å². The van der Waals surface area contributed by atoms with Crippen LogP contribution in [-0.2, 0) is 27.8 Å². The third-order valence-electron chi connectivity index (χ3n) is 9.38. The molecule has 0 bridgehead atoms. The van der Waals surface area contributed by atoms with Crippen molar-refractivity contribution in [3.8, 4) is 17.0 Å². The van der Waals surface area contributed by atoms with Crippen molar-refractivity contribution in [2.45, 2.75) is 83.4 Å². The number of carboxylic acid groups (broad SMARTS) is 1. The molecule has 0 unspecified atom stereocenters. The molecular formula is C39H45N5O7S. The van der Waals surface area contributed by atoms with Crippen LogP contribution in [0.2, 0.25) is 0 Å². The molecular weight excluding hydrogens is 683 g/mol. The lowest BCUT2D eigenvalue weighted by atomic mass is 9.88. The Morgan fingerprint density at radius 2 is 1.63 bits per heavy atom. The number of pyridine rings is 1. The van der Waals surface area contributed by atoms with Crippen LogP contribution >= 0.6 is 0 Å². The molecule has 5 N–H and O–H groups in total. The Balaban J connectivity index is 1.27. The smallest absolute Gasteiger partial charge is 0.326 e. The Morgan fingerprint density at radius 3 is 2.29 bits per heavy atom. The molecule has 52 heavy (non-hydrogen) atoms. The number of guanidine groups is 1. The molecule has 0 aliphatic carbocycles. The second-order valence-electron chi connectivity index (χ2n) is 13.6. The molecule has 274 valence electrons. The van der Waals surface area contributed by atoms with Crippen molar-refractivity contribution in [2.75, 3.05) is 6.54 Å². The van der Waals surface area contributed by atoms with Crippen LogP contribution in [0.15, 0.2) is 87.5 Å². The zero-order valence-electron chi connectivity index (χ0n) is 30.0. The van der Waals surface area contributed by atoms with Gasteiger partial charge < -0.3 is 25.5 Å². The highest BCUT2D eigenvalue weighted by Gasteiger charge is 2.33. The summed E-state index contributed by atoms with van der Waals surface area (Å²) >= 11 is 0. The van der Waals surface area contributed by atoms with Crippen LogP contribution in [0.3, 0.4) is 0 Å². The van der Waals surface area contributed by atoms with Gasteiger partial charge in [-0.3, -0.25) is 14.6 Å². The molecule has 0 radical (unpaired) electrons. The first kappa shape index (κ1) is 37.8. The predicted octanol–water partition coefficient (Wildman–Crippen LogP) is 4.85. The highest BCUT2D eigenvalue weighted by Crippen LogP contribution is 2.42. The maximum absolute atomic E-state index is 13.7. The maximum Gasteiger partial charge on any atom is 0.326 e. The number of carbonyl (C=O) groups is 2. The Hall–Kier alpha value is -5.43. The van der Waals surface area contributed by atoms with E-state index in [4.69, 9.17) is 10.5 Å². The second-order valence-corrected chi connectivity index (χ2v) is 15.2. The van der Waals surface area contributed by atoms with Crippen LogP contribution in [0.5, 0.6) is 5.75 Å². The van der Waals surface area contributed by atoms with Gasteiger partial charge in [0.25, 0.3) is 21.5 Å². The zero-order chi connectivity index (χ0) is 37.8. The molecule has 2 heterocycles. The second kappa shape index (κ2) is 15.4. The molecule has 0 spiro atoms. The molecule has 1 amide bonds. The number of nitrogens with two attached hydrogens (primary N) is 1. The minimum Gasteiger partial charge on any atom is -0.487 e. The first-order valence-corrected chi connectivity index (χ1v) is 18.6. The number of rotatable bonds is 12. The van der Waals surface area contributed by atoms with Gasteiger partial charge in [-0.05, 0) is 106 Å². The number of benzene rings is 3. The summed E-state index contributed by atoms with van der Waals surface area (Å²) in [6, 6.07) is 20.4. The molecule has 1 aliphatic heterocycles. The predicted molar refractivity (Wildman–Crippen MR) is 200 cm³/mol. The monoisotopic (exact) mass is 727 g/mol. The van der Waals surface area contributed by atoms with E-state index in [1.54, 1.807) is 19.9 Å². The molecule has 1 aliphatic rings. The van der Waals surface area contributed by atoms with Gasteiger partial charge >= 0.3 is 5.97 Å². The molecule has 0 saturated heterocycles. The van der Waals surface area contributed by atoms with E-state index in [1.165, 1.54) is 10.6 Å². The molecule has 1 aromatic heterocycles. The van der Waals surface area contributed by atoms with Gasteiger partial charge in [-0.2, -0.15) is 0 Å². The van der Waals surface area contributed by atoms with Gasteiger partial charge in [0.2, 0.25) is 5.96 Å². The first-order valence-electron chi connectivity index (χ1n) is 17.1. The number of carboxylic acids is 1. The number of amides is 1. The van der Waals surface area contributed by atoms with Gasteiger partial charge in [0.15, 0.2) is 0 Å². The Labute approximate surface area is 303 Å². The normalized spacial score (nSPS) is 14.5. The zero-order valence-corrected chi connectivity index (χ0v) is 30.8. The third-order valence-corrected chi connectivity index (χ3v) is 11.0. The largest absolute Gasteiger partial charge is 0.487 e. The lowest BCUT2D eigenvalue weighted by Crippen LogP contribution is -2.43. The van der Waals surface area contributed by atoms with Gasteiger partial charge in [0, 0.05) is 6.54 Å². The Morgan fingerprint density at radius 1 is 0.981 bits per heavy atom. The number of ether oxygens (including phenoxy) is 1. The Bertz CT molecular complexity index is 2180. The van der Waals surface area contributed by atoms with Crippen LogP contribution in [-0.4, -0.2) is 54.1 Å². The number of aliphatic imine (C=N–C) groups is 1. The topological polar surface area (TPSA) is 182 Å². The summed E-state index contributed by atoms with van der Waals surface area (Å²) in [5.41, 5.74) is 9.87. The van der Waals surface area contributed by atoms with Crippen molar-refractivity contribution in [3.05, 3.63) is 117 Å². The van der Waals surface area contributed by atoms with Crippen LogP contribution < -0.4 is 26.1 Å². The standard InChI is InChI=1S/C39H45N5O7S/c1-24-25(2)34(26(3)29-20-21-39(4,5)51-33(24)29)52(49,50)43-38(40)41-22-12-17-31(37(47)48)42-35(45)30-18-19-32(28-15-10-7-11-16-28)44(36(30)46)23-27-13-8-6-9-14-27/h6-11,13-16,18-19,31H,12,17,20-23H2,1-5H3,(H,42,45)(H,47,48)(H3,40,41,43)/t31-/m0/s1. The number of sulfonamides is 1. The lowest BCUT2D eigenvalue weighted by molar-refractivity contribution is -0.139. The molecule has 4 aromatic rings. The van der Waals surface area contributed by atoms with E-state index in [1.807, 2.05) is 81.4 Å². The van der Waals surface area contributed by atoms with Crippen molar-refractivity contribution in [2.24, 2.45) is 10.7 Å². The number of hydrogen-bond acceptors (Lipinski definition) is 7. The average molecular weight is 728 g/mol. The average Bonchev–Trinajstić information content (AvgIpc) is 3.09. The van der Waals surface area contributed by atoms with Gasteiger partial charge in [0.1, 0.15) is 23.0 Å². The van der Waals surface area contributed by atoms with Gasteiger partial charge in [-0.1, -0.05) is 60.7 Å². The molecule has 0 fully saturated rings. The highest BCUT2D eigenvalue weighted by molar-refractivity contribution is 7.90. The van der Waals surface area contributed by atoms with Crippen molar-refractivity contribution in [1.82, 2.24) is 14.6 Å². The summed E-state index contributed by atoms with van der Waals surface area (Å²) in [6.45, 7) is 9.51. The number of fused-ring (bicyclic) bond motifs is 1. The number of nitrogens with zero attached hydrogens (tertiary/aromatic N) is 2. The molecule has 0 saturated carbocycles. The van der Waals surface area contributed by atoms with Crippen LogP contribution in [0.4, 0.5) is 0 Å². The summed E-state index contributed by atoms with van der Waals surface area (Å²) in [4.78, 5) is 43.5. The first-order chi connectivity index (χ1) is 24.6. The SMILES string of the molecule is Cc1c(C)c(S(=O)(=O)NC(N)=NCCC[C@H](NC(=O)c2ccc(-c3ccccc3)n(Cc3ccccc3)c2=O)C(=O)O)c(C)c2c1OC(C)(C)CC2. The van der Waals surface area contributed by atoms with Gasteiger partial charge in [-0.15, -0.1) is 0 Å². The number of aliphatic carboxylic acids is 1. The molecule has 12 nitrogen and oxygen atoms in total. The minimum absolute atomic E-state index is 0.0201. The van der Waals surface area contributed by atoms with E-state index in [2.05, 4.69) is 15.0 Å². The van der Waals surface area contributed by atoms with Crippen molar-refractivity contribution < 1.29 is 27.9 Å². The van der Waals surface area contributed by atoms with Gasteiger partial charge in [0.05, 0.1) is 17.1 Å². The summed E-state index contributed by atoms with van der Waals surface area (Å²) in [5, 5.41) is 12.4. The third kappa shape index (κ3) is 8.37. The van der Waals surface area contributed by atoms with E-state index in [0.29, 0.717) is 29.0 Å². The quantitative estimate of drug-likeness (QED) is 0.0908. The van der Waals surface area contributed by atoms with Crippen molar-refractivity contribution >= 4 is 27.9 Å². The lowest BCUT2D eigenvalue weighted by Gasteiger charge is -2.35. The summed E-state index contributed by atoms with van der Waals surface area (Å²) in [5.74, 6) is -1.75. The summed E-state index contributed by atoms with van der Waals surface area (Å²) in [7, 11) is -4.11. The van der Waals surface area contributed by atoms with Crippen molar-refractivity contribution in [1.29, 1.82) is 0 Å². The molecule has 13 heteroatoms. The molecule has 5 rings (SSSR count). The van der Waals surface area contributed by atoms with E-state index in [-0.39, 0.29) is 48.0 Å². The van der Waals surface area contributed by atoms with Crippen LogP contribution in [0, 0.1) is 20.8 Å². The van der Waals surface area contributed by atoms with E-state index < -0.39 is 33.5 Å². The van der Waals surface area contributed by atoms with Gasteiger partial charge in [-0.25, -0.2) is 17.9 Å². The fourth-order valence-corrected chi connectivity index (χ4v) is 8.02. The van der Waals surface area contributed by atoms with Crippen LogP contribution in [0.25, 0.3) is 11.3 Å². The fourth-order valence-electron chi connectivity index (χ4n) is 6.50. The highest BCUT2D eigenvalue weighted by atomic mass is 32.2. The van der Waals surface area contributed by atoms with E-state index >= 15 is 0 Å². The minimum atomic E-state index is -4.11. The molecule has 3 aromatic carbocycles. The molecule has 1 atom stereocenters. The number of nitrogens with one attached hydrogen (secondary N) is 2. The maximum atomic E-state index is 13.7. The number of hydrogen-bond donors (Lipinski definition) is 4.